The van der Waals surface area contributed by atoms with Crippen LogP contribution in [0.15, 0.2) is 78.9 Å². The molecule has 0 atom stereocenters. The summed E-state index contributed by atoms with van der Waals surface area (Å²) in [6, 6.07) is 17.3. The van der Waals surface area contributed by atoms with Crippen molar-refractivity contribution in [2.75, 3.05) is 0 Å². The lowest BCUT2D eigenvalue weighted by atomic mass is 9.88. The van der Waals surface area contributed by atoms with E-state index in [1.54, 1.807) is 36.4 Å². The minimum atomic E-state index is -4.81. The van der Waals surface area contributed by atoms with Crippen molar-refractivity contribution >= 4 is 11.8 Å². The van der Waals surface area contributed by atoms with Crippen LogP contribution in [-0.2, 0) is 11.8 Å². The minimum absolute atomic E-state index is 0.0671. The van der Waals surface area contributed by atoms with Gasteiger partial charge in [-0.15, -0.1) is 0 Å². The van der Waals surface area contributed by atoms with Crippen molar-refractivity contribution in [3.63, 3.8) is 0 Å². The number of benzene rings is 3. The minimum Gasteiger partial charge on any atom is -0.385 e. The zero-order valence-corrected chi connectivity index (χ0v) is 17.7. The Bertz CT molecular complexity index is 1160. The van der Waals surface area contributed by atoms with E-state index in [9.17, 15) is 27.9 Å². The van der Waals surface area contributed by atoms with Gasteiger partial charge in [-0.25, -0.2) is 4.39 Å². The van der Waals surface area contributed by atoms with Crippen molar-refractivity contribution in [1.82, 2.24) is 10.6 Å². The van der Waals surface area contributed by atoms with E-state index in [-0.39, 0.29) is 30.0 Å². The predicted octanol–water partition coefficient (Wildman–Crippen LogP) is 4.38. The summed E-state index contributed by atoms with van der Waals surface area (Å²) in [6.07, 6.45) is -4.67. The highest BCUT2D eigenvalue weighted by Gasteiger charge is 2.62. The normalized spacial score (nSPS) is 14.9. The van der Waals surface area contributed by atoms with Crippen molar-refractivity contribution in [2.45, 2.75) is 30.3 Å². The number of alkyl halides is 3. The van der Waals surface area contributed by atoms with Crippen LogP contribution >= 0.6 is 0 Å². The Morgan fingerprint density at radius 2 is 1.26 bits per heavy atom. The predicted molar refractivity (Wildman–Crippen MR) is 115 cm³/mol. The molecule has 3 aromatic carbocycles. The Hall–Kier alpha value is -3.72. The number of amides is 2. The molecule has 1 aliphatic carbocycles. The number of hydrogen-bond acceptors (Lipinski definition) is 3. The largest absolute Gasteiger partial charge is 0.416 e. The van der Waals surface area contributed by atoms with Gasteiger partial charge < -0.3 is 15.7 Å². The van der Waals surface area contributed by atoms with E-state index in [0.717, 1.165) is 6.07 Å². The van der Waals surface area contributed by atoms with Crippen LogP contribution in [0.4, 0.5) is 17.6 Å². The van der Waals surface area contributed by atoms with E-state index in [0.29, 0.717) is 6.07 Å². The third-order valence-corrected chi connectivity index (χ3v) is 5.80. The molecule has 34 heavy (non-hydrogen) atoms. The molecular formula is C25H20F4N2O3. The first-order valence-corrected chi connectivity index (χ1v) is 10.4. The molecule has 1 fully saturated rings. The lowest BCUT2D eigenvalue weighted by Crippen LogP contribution is -2.66. The fraction of sp³-hybridized carbons (Fsp3) is 0.200. The van der Waals surface area contributed by atoms with Crippen LogP contribution < -0.4 is 10.6 Å². The monoisotopic (exact) mass is 472 g/mol. The van der Waals surface area contributed by atoms with Gasteiger partial charge in [0.05, 0.1) is 5.56 Å². The van der Waals surface area contributed by atoms with Crippen LogP contribution in [0.5, 0.6) is 0 Å². The second-order valence-electron chi connectivity index (χ2n) is 8.11. The number of nitrogens with one attached hydrogen (secondary N) is 2. The van der Waals surface area contributed by atoms with Gasteiger partial charge in [-0.2, -0.15) is 13.2 Å². The van der Waals surface area contributed by atoms with Crippen molar-refractivity contribution < 1.29 is 32.3 Å². The molecule has 0 aromatic heterocycles. The molecule has 0 radical (unpaired) electrons. The SMILES string of the molecule is O=C(NC(NC(=O)c1ccccc1)(c1ccc(C(F)(F)F)cc1F)C1(O)CC1)c1ccccc1. The van der Waals surface area contributed by atoms with E-state index >= 15 is 4.39 Å². The van der Waals surface area contributed by atoms with Gasteiger partial charge in [-0.3, -0.25) is 9.59 Å². The molecule has 0 spiro atoms. The summed E-state index contributed by atoms with van der Waals surface area (Å²) in [5.41, 5.74) is -5.50. The summed E-state index contributed by atoms with van der Waals surface area (Å²) < 4.78 is 54.7. The smallest absolute Gasteiger partial charge is 0.385 e. The fourth-order valence-corrected chi connectivity index (χ4v) is 3.80. The molecule has 3 N–H and O–H groups in total. The topological polar surface area (TPSA) is 78.4 Å². The van der Waals surface area contributed by atoms with Crippen LogP contribution in [-0.4, -0.2) is 22.5 Å². The number of hydrogen-bond donors (Lipinski definition) is 3. The summed E-state index contributed by atoms with van der Waals surface area (Å²) in [5, 5.41) is 16.3. The molecule has 5 nitrogen and oxygen atoms in total. The average molecular weight is 472 g/mol. The van der Waals surface area contributed by atoms with Crippen molar-refractivity contribution in [3.8, 4) is 0 Å². The average Bonchev–Trinajstić information content (AvgIpc) is 3.58. The molecule has 0 aliphatic heterocycles. The van der Waals surface area contributed by atoms with Crippen LogP contribution in [0.2, 0.25) is 0 Å². The van der Waals surface area contributed by atoms with Gasteiger partial charge in [0.1, 0.15) is 11.4 Å². The Labute approximate surface area is 192 Å². The van der Waals surface area contributed by atoms with Gasteiger partial charge in [0.25, 0.3) is 11.8 Å². The molecule has 3 aromatic rings. The molecule has 4 rings (SSSR count). The van der Waals surface area contributed by atoms with E-state index in [4.69, 9.17) is 0 Å². The Balaban J connectivity index is 1.85. The maximum Gasteiger partial charge on any atom is 0.416 e. The number of aliphatic hydroxyl groups is 1. The zero-order valence-electron chi connectivity index (χ0n) is 17.7. The molecule has 0 unspecified atom stereocenters. The lowest BCUT2D eigenvalue weighted by molar-refractivity contribution is -0.137. The third-order valence-electron chi connectivity index (χ3n) is 5.80. The van der Waals surface area contributed by atoms with E-state index in [1.165, 1.54) is 24.3 Å². The van der Waals surface area contributed by atoms with Gasteiger partial charge in [-0.1, -0.05) is 42.5 Å². The van der Waals surface area contributed by atoms with Crippen molar-refractivity contribution in [1.29, 1.82) is 0 Å². The molecule has 2 amide bonds. The highest BCUT2D eigenvalue weighted by atomic mass is 19.4. The van der Waals surface area contributed by atoms with E-state index in [2.05, 4.69) is 10.6 Å². The first kappa shape index (κ1) is 23.4. The summed E-state index contributed by atoms with van der Waals surface area (Å²) in [6.45, 7) is 0. The summed E-state index contributed by atoms with van der Waals surface area (Å²) in [7, 11) is 0. The van der Waals surface area contributed by atoms with Gasteiger partial charge in [0.2, 0.25) is 0 Å². The van der Waals surface area contributed by atoms with Crippen LogP contribution in [0.3, 0.4) is 0 Å². The summed E-state index contributed by atoms with van der Waals surface area (Å²) >= 11 is 0. The Kier molecular flexibility index (Phi) is 5.91. The number of carbonyl (C=O) groups excluding carboxylic acids is 2. The van der Waals surface area contributed by atoms with Gasteiger partial charge in [0.15, 0.2) is 5.66 Å². The zero-order chi connectivity index (χ0) is 24.6. The van der Waals surface area contributed by atoms with Gasteiger partial charge >= 0.3 is 6.18 Å². The standard InChI is InChI=1S/C25H20F4N2O3/c26-20-15-18(25(27,28)29)11-12-19(20)24(23(34)13-14-23,30-21(32)16-7-3-1-4-8-16)31-22(33)17-9-5-2-6-10-17/h1-12,15,34H,13-14H2,(H,30,32)(H,31,33). The number of carbonyl (C=O) groups is 2. The Morgan fingerprint density at radius 3 is 1.65 bits per heavy atom. The third kappa shape index (κ3) is 4.38. The molecule has 0 heterocycles. The molecule has 1 aliphatic rings. The van der Waals surface area contributed by atoms with Crippen molar-refractivity contribution in [3.05, 3.63) is 107 Å². The maximum absolute atomic E-state index is 15.2. The van der Waals surface area contributed by atoms with Crippen LogP contribution in [0.1, 0.15) is 44.7 Å². The highest BCUT2D eigenvalue weighted by Crippen LogP contribution is 2.50. The molecule has 1 saturated carbocycles. The molecule has 176 valence electrons. The second kappa shape index (κ2) is 8.57. The number of halogens is 4. The first-order chi connectivity index (χ1) is 16.1. The molecule has 0 saturated heterocycles. The highest BCUT2D eigenvalue weighted by molar-refractivity contribution is 5.97. The van der Waals surface area contributed by atoms with E-state index in [1.807, 2.05) is 0 Å². The maximum atomic E-state index is 15.2. The summed E-state index contributed by atoms with van der Waals surface area (Å²) in [4.78, 5) is 26.2. The van der Waals surface area contributed by atoms with Crippen molar-refractivity contribution in [2.24, 2.45) is 0 Å². The van der Waals surface area contributed by atoms with Gasteiger partial charge in [0, 0.05) is 16.7 Å². The second-order valence-corrected chi connectivity index (χ2v) is 8.11. The Morgan fingerprint density at radius 1 is 0.794 bits per heavy atom. The lowest BCUT2D eigenvalue weighted by Gasteiger charge is -2.41. The molecular weight excluding hydrogens is 452 g/mol. The first-order valence-electron chi connectivity index (χ1n) is 10.4. The molecule has 9 heteroatoms. The van der Waals surface area contributed by atoms with E-state index < -0.39 is 46.2 Å². The van der Waals surface area contributed by atoms with Gasteiger partial charge in [-0.05, 0) is 49.2 Å². The quantitative estimate of drug-likeness (QED) is 0.368. The fourth-order valence-electron chi connectivity index (χ4n) is 3.80. The van der Waals surface area contributed by atoms with Crippen LogP contribution in [0.25, 0.3) is 0 Å². The molecule has 0 bridgehead atoms. The number of rotatable bonds is 6. The summed E-state index contributed by atoms with van der Waals surface area (Å²) in [5.74, 6) is -2.85. The van der Waals surface area contributed by atoms with Crippen LogP contribution in [0, 0.1) is 5.82 Å².